The number of benzene rings is 3. The number of likely N-dealkylation sites (tertiary alicyclic amines) is 1. The largest absolute Gasteiger partial charge is 0.489 e. The van der Waals surface area contributed by atoms with Gasteiger partial charge in [0.15, 0.2) is 11.6 Å². The van der Waals surface area contributed by atoms with Crippen molar-refractivity contribution in [1.82, 2.24) is 9.62 Å². The molecule has 1 amide bonds. The number of carboxylic acids is 1. The van der Waals surface area contributed by atoms with E-state index < -0.39 is 69.8 Å². The van der Waals surface area contributed by atoms with E-state index in [4.69, 9.17) is 14.6 Å². The summed E-state index contributed by atoms with van der Waals surface area (Å²) < 4.78 is 100.0. The summed E-state index contributed by atoms with van der Waals surface area (Å²) in [7, 11) is -4.66. The van der Waals surface area contributed by atoms with E-state index in [1.807, 2.05) is 0 Å². The molecule has 0 aromatic heterocycles. The van der Waals surface area contributed by atoms with Crippen molar-refractivity contribution >= 4 is 22.1 Å². The molecule has 1 saturated heterocycles. The lowest BCUT2D eigenvalue weighted by Gasteiger charge is -2.42. The van der Waals surface area contributed by atoms with Crippen LogP contribution in [-0.2, 0) is 32.6 Å². The van der Waals surface area contributed by atoms with E-state index in [1.54, 1.807) is 30.3 Å². The maximum atomic E-state index is 16.2. The van der Waals surface area contributed by atoms with Crippen molar-refractivity contribution in [3.63, 3.8) is 0 Å². The second kappa shape index (κ2) is 13.7. The van der Waals surface area contributed by atoms with E-state index in [0.717, 1.165) is 11.0 Å². The standard InChI is InChI=1S/C32H32F4N2O7S/c33-24-12-16-38(31(41)45-19-20-6-2-1-3-7-20)26(29(24)37-46(42,43)32(36)14-15-32)18-21-8-4-9-22(28(21)35)23-10-5-11-25(34)30(23)44-17-13-27(39)40/h1-11,24,26,29,37H,12-19H2,(H,39,40)/t24-,26-,29-/m0/s1. The van der Waals surface area contributed by atoms with Gasteiger partial charge in [0, 0.05) is 30.5 Å². The number of piperidine rings is 1. The van der Waals surface area contributed by atoms with E-state index in [1.165, 1.54) is 30.3 Å². The maximum absolute atomic E-state index is 16.2. The Kier molecular flexibility index (Phi) is 9.87. The minimum absolute atomic E-state index is 0.0266. The van der Waals surface area contributed by atoms with E-state index in [-0.39, 0.29) is 61.5 Å². The van der Waals surface area contributed by atoms with Crippen LogP contribution in [0.3, 0.4) is 0 Å². The zero-order valence-electron chi connectivity index (χ0n) is 24.5. The zero-order chi connectivity index (χ0) is 33.1. The monoisotopic (exact) mass is 664 g/mol. The van der Waals surface area contributed by atoms with Gasteiger partial charge >= 0.3 is 12.1 Å². The number of alkyl halides is 2. The Bertz CT molecular complexity index is 1690. The molecule has 14 heteroatoms. The predicted molar refractivity (Wildman–Crippen MR) is 159 cm³/mol. The SMILES string of the molecule is O=C(O)CCOc1c(F)cccc1-c1cccc(C[C@H]2[C@@H](NS(=O)(=O)C3(F)CC3)[C@@H](F)CCN2C(=O)OCc2ccccc2)c1F. The number of carboxylic acid groups (broad SMARTS) is 1. The fourth-order valence-electron chi connectivity index (χ4n) is 5.39. The fraction of sp³-hybridized carbons (Fsp3) is 0.375. The van der Waals surface area contributed by atoms with Gasteiger partial charge < -0.3 is 19.5 Å². The molecule has 3 aromatic carbocycles. The molecule has 0 spiro atoms. The zero-order valence-corrected chi connectivity index (χ0v) is 25.3. The van der Waals surface area contributed by atoms with Crippen molar-refractivity contribution in [2.75, 3.05) is 13.2 Å². The first-order valence-electron chi connectivity index (χ1n) is 14.6. The molecule has 2 fully saturated rings. The van der Waals surface area contributed by atoms with Crippen LogP contribution in [0.25, 0.3) is 11.1 Å². The van der Waals surface area contributed by atoms with Crippen LogP contribution in [0.2, 0.25) is 0 Å². The number of aliphatic carboxylic acids is 1. The summed E-state index contributed by atoms with van der Waals surface area (Å²) in [6.45, 7) is -0.715. The molecule has 0 unspecified atom stereocenters. The van der Waals surface area contributed by atoms with Crippen molar-refractivity contribution < 1.29 is 50.1 Å². The number of rotatable bonds is 12. The highest BCUT2D eigenvalue weighted by atomic mass is 32.2. The summed E-state index contributed by atoms with van der Waals surface area (Å²) in [6.07, 6.45) is -4.41. The second-order valence-electron chi connectivity index (χ2n) is 11.2. The summed E-state index contributed by atoms with van der Waals surface area (Å²) in [5, 5.41) is 6.37. The fourth-order valence-corrected chi connectivity index (χ4v) is 6.91. The molecule has 0 radical (unpaired) electrons. The number of carbonyl (C=O) groups excluding carboxylic acids is 1. The third-order valence-electron chi connectivity index (χ3n) is 8.03. The van der Waals surface area contributed by atoms with Crippen LogP contribution in [-0.4, -0.2) is 66.9 Å². The van der Waals surface area contributed by atoms with Crippen molar-refractivity contribution in [2.45, 2.75) is 62.0 Å². The first-order valence-corrected chi connectivity index (χ1v) is 16.1. The third-order valence-corrected chi connectivity index (χ3v) is 9.99. The quantitative estimate of drug-likeness (QED) is 0.245. The minimum atomic E-state index is -4.66. The maximum Gasteiger partial charge on any atom is 0.410 e. The molecule has 2 N–H and O–H groups in total. The van der Waals surface area contributed by atoms with Gasteiger partial charge in [-0.05, 0) is 30.0 Å². The van der Waals surface area contributed by atoms with Gasteiger partial charge in [0.05, 0.1) is 25.1 Å². The van der Waals surface area contributed by atoms with Crippen LogP contribution < -0.4 is 9.46 Å². The summed E-state index contributed by atoms with van der Waals surface area (Å²) in [4.78, 5) is 25.4. The average Bonchev–Trinajstić information content (AvgIpc) is 3.79. The first-order chi connectivity index (χ1) is 21.9. The Morgan fingerprint density at radius 3 is 2.39 bits per heavy atom. The lowest BCUT2D eigenvalue weighted by atomic mass is 9.89. The Hall–Kier alpha value is -4.17. The molecule has 2 aliphatic rings. The molecule has 1 saturated carbocycles. The van der Waals surface area contributed by atoms with Crippen molar-refractivity contribution in [3.8, 4) is 16.9 Å². The van der Waals surface area contributed by atoms with Crippen molar-refractivity contribution in [1.29, 1.82) is 0 Å². The van der Waals surface area contributed by atoms with E-state index in [2.05, 4.69) is 4.72 Å². The minimum Gasteiger partial charge on any atom is -0.489 e. The van der Waals surface area contributed by atoms with Gasteiger partial charge in [0.25, 0.3) is 0 Å². The number of ether oxygens (including phenoxy) is 2. The summed E-state index contributed by atoms with van der Waals surface area (Å²) in [5.41, 5.74) is 0.421. The number of nitrogens with zero attached hydrogens (tertiary/aromatic N) is 1. The number of para-hydroxylation sites is 1. The van der Waals surface area contributed by atoms with E-state index >= 15 is 8.78 Å². The lowest BCUT2D eigenvalue weighted by molar-refractivity contribution is -0.137. The highest BCUT2D eigenvalue weighted by Crippen LogP contribution is 2.45. The average molecular weight is 665 g/mol. The van der Waals surface area contributed by atoms with Crippen molar-refractivity contribution in [2.24, 2.45) is 0 Å². The summed E-state index contributed by atoms with van der Waals surface area (Å²) >= 11 is 0. The molecule has 246 valence electrons. The van der Waals surface area contributed by atoms with Gasteiger partial charge in [0.1, 0.15) is 18.6 Å². The van der Waals surface area contributed by atoms with Gasteiger partial charge in [-0.3, -0.25) is 4.79 Å². The molecule has 3 aromatic rings. The molecule has 1 aliphatic carbocycles. The molecule has 46 heavy (non-hydrogen) atoms. The van der Waals surface area contributed by atoms with Crippen molar-refractivity contribution in [3.05, 3.63) is 89.5 Å². The molecule has 1 aliphatic heterocycles. The predicted octanol–water partition coefficient (Wildman–Crippen LogP) is 5.52. The first kappa shape index (κ1) is 33.2. The highest BCUT2D eigenvalue weighted by Gasteiger charge is 2.58. The highest BCUT2D eigenvalue weighted by molar-refractivity contribution is 7.91. The number of hydrogen-bond acceptors (Lipinski definition) is 6. The Morgan fingerprint density at radius 2 is 1.70 bits per heavy atom. The topological polar surface area (TPSA) is 122 Å². The van der Waals surface area contributed by atoms with Crippen LogP contribution in [0.15, 0.2) is 66.7 Å². The molecule has 1 heterocycles. The molecular formula is C32H32F4N2O7S. The van der Waals surface area contributed by atoms with Crippen LogP contribution >= 0.6 is 0 Å². The smallest absolute Gasteiger partial charge is 0.410 e. The normalized spacial score (nSPS) is 20.6. The van der Waals surface area contributed by atoms with E-state index in [9.17, 15) is 26.8 Å². The third kappa shape index (κ3) is 7.28. The number of halogens is 4. The van der Waals surface area contributed by atoms with Gasteiger partial charge in [-0.2, -0.15) is 0 Å². The number of amides is 1. The van der Waals surface area contributed by atoms with Gasteiger partial charge in [-0.15, -0.1) is 0 Å². The Balaban J connectivity index is 1.48. The van der Waals surface area contributed by atoms with E-state index in [0.29, 0.717) is 5.56 Å². The molecule has 3 atom stereocenters. The molecule has 0 bridgehead atoms. The van der Waals surface area contributed by atoms with Gasteiger partial charge in [-0.1, -0.05) is 60.7 Å². The van der Waals surface area contributed by atoms with Crippen LogP contribution in [0, 0.1) is 11.6 Å². The van der Waals surface area contributed by atoms with Gasteiger partial charge in [-0.25, -0.2) is 35.5 Å². The number of sulfonamides is 1. The molecule has 9 nitrogen and oxygen atoms in total. The van der Waals surface area contributed by atoms with Crippen LogP contribution in [0.4, 0.5) is 22.4 Å². The Morgan fingerprint density at radius 1 is 1.00 bits per heavy atom. The van der Waals surface area contributed by atoms with Crippen LogP contribution in [0.1, 0.15) is 36.8 Å². The Labute approximate surface area is 263 Å². The van der Waals surface area contributed by atoms with Gasteiger partial charge in [0.2, 0.25) is 15.0 Å². The lowest BCUT2D eigenvalue weighted by Crippen LogP contribution is -2.63. The van der Waals surface area contributed by atoms with Crippen LogP contribution in [0.5, 0.6) is 5.75 Å². The number of carbonyl (C=O) groups is 2. The molecule has 5 rings (SSSR count). The summed E-state index contributed by atoms with van der Waals surface area (Å²) in [6, 6.07) is 13.6. The number of hydrogen-bond donors (Lipinski definition) is 2. The summed E-state index contributed by atoms with van der Waals surface area (Å²) in [5.74, 6) is -3.30. The molecular weight excluding hydrogens is 632 g/mol. The number of nitrogens with one attached hydrogen (secondary N) is 1. The second-order valence-corrected chi connectivity index (χ2v) is 13.2.